The number of para-hydroxylation sites is 1. The van der Waals surface area contributed by atoms with Gasteiger partial charge < -0.3 is 9.64 Å². The van der Waals surface area contributed by atoms with Crippen LogP contribution in [0.3, 0.4) is 0 Å². The van der Waals surface area contributed by atoms with Crippen molar-refractivity contribution in [2.24, 2.45) is 0 Å². The molecule has 0 bridgehead atoms. The quantitative estimate of drug-likeness (QED) is 0.853. The lowest BCUT2D eigenvalue weighted by Gasteiger charge is -2.17. The maximum Gasteiger partial charge on any atom is 0.231 e. The van der Waals surface area contributed by atoms with Crippen LogP contribution >= 0.6 is 0 Å². The molecule has 20 heavy (non-hydrogen) atoms. The Kier molecular flexibility index (Phi) is 4.41. The third kappa shape index (κ3) is 3.18. The molecule has 0 fully saturated rings. The second kappa shape index (κ2) is 6.24. The third-order valence-corrected chi connectivity index (χ3v) is 3.33. The molecule has 0 unspecified atom stereocenters. The van der Waals surface area contributed by atoms with E-state index in [0.717, 1.165) is 22.6 Å². The average molecular weight is 269 g/mol. The number of carbonyl (C=O) groups excluding carboxylic acids is 1. The van der Waals surface area contributed by atoms with Crippen molar-refractivity contribution in [3.63, 3.8) is 0 Å². The van der Waals surface area contributed by atoms with Crippen molar-refractivity contribution in [3.05, 3.63) is 59.7 Å². The minimum atomic E-state index is 0.0702. The lowest BCUT2D eigenvalue weighted by Crippen LogP contribution is -2.27. The van der Waals surface area contributed by atoms with Gasteiger partial charge in [-0.05, 0) is 36.2 Å². The number of nitrogens with zero attached hydrogens (tertiary/aromatic N) is 1. The van der Waals surface area contributed by atoms with Crippen LogP contribution in [0.2, 0.25) is 0 Å². The van der Waals surface area contributed by atoms with Crippen LogP contribution in [0.25, 0.3) is 0 Å². The lowest BCUT2D eigenvalue weighted by molar-refractivity contribution is -0.117. The number of benzene rings is 2. The van der Waals surface area contributed by atoms with Gasteiger partial charge in [-0.1, -0.05) is 30.3 Å². The lowest BCUT2D eigenvalue weighted by atomic mass is 10.1. The van der Waals surface area contributed by atoms with Gasteiger partial charge in [-0.2, -0.15) is 0 Å². The number of anilines is 1. The van der Waals surface area contributed by atoms with Gasteiger partial charge in [0.1, 0.15) is 5.75 Å². The highest BCUT2D eigenvalue weighted by atomic mass is 16.5. The van der Waals surface area contributed by atoms with Gasteiger partial charge in [-0.15, -0.1) is 0 Å². The second-order valence-corrected chi connectivity index (χ2v) is 4.77. The SMILES string of the molecule is COc1ccc(CC(=O)N(C)c2ccccc2)cc1C. The van der Waals surface area contributed by atoms with E-state index in [9.17, 15) is 4.79 Å². The summed E-state index contributed by atoms with van der Waals surface area (Å²) in [7, 11) is 3.45. The Morgan fingerprint density at radius 1 is 1.15 bits per heavy atom. The van der Waals surface area contributed by atoms with Crippen LogP contribution in [-0.4, -0.2) is 20.1 Å². The number of aryl methyl sites for hydroxylation is 1. The smallest absolute Gasteiger partial charge is 0.231 e. The molecule has 2 aromatic rings. The minimum absolute atomic E-state index is 0.0702. The van der Waals surface area contributed by atoms with Crippen LogP contribution in [0.1, 0.15) is 11.1 Å². The molecule has 0 aromatic heterocycles. The number of carbonyl (C=O) groups is 1. The second-order valence-electron chi connectivity index (χ2n) is 4.77. The molecule has 0 aliphatic carbocycles. The summed E-state index contributed by atoms with van der Waals surface area (Å²) in [5, 5.41) is 0. The molecular weight excluding hydrogens is 250 g/mol. The Bertz CT molecular complexity index is 593. The van der Waals surface area contributed by atoms with Gasteiger partial charge in [-0.25, -0.2) is 0 Å². The number of rotatable bonds is 4. The van der Waals surface area contributed by atoms with Gasteiger partial charge in [-0.3, -0.25) is 4.79 Å². The summed E-state index contributed by atoms with van der Waals surface area (Å²) in [6.45, 7) is 1.98. The monoisotopic (exact) mass is 269 g/mol. The van der Waals surface area contributed by atoms with Crippen molar-refractivity contribution in [1.82, 2.24) is 0 Å². The Morgan fingerprint density at radius 3 is 2.45 bits per heavy atom. The van der Waals surface area contributed by atoms with Crippen molar-refractivity contribution in [3.8, 4) is 5.75 Å². The molecule has 0 N–H and O–H groups in total. The summed E-state index contributed by atoms with van der Waals surface area (Å²) in [6, 6.07) is 15.5. The molecule has 0 saturated heterocycles. The van der Waals surface area contributed by atoms with Gasteiger partial charge in [0, 0.05) is 12.7 Å². The van der Waals surface area contributed by atoms with Gasteiger partial charge in [0.15, 0.2) is 0 Å². The molecule has 3 heteroatoms. The molecule has 2 aromatic carbocycles. The summed E-state index contributed by atoms with van der Waals surface area (Å²) in [5.41, 5.74) is 2.94. The first kappa shape index (κ1) is 14.1. The molecule has 1 amide bonds. The van der Waals surface area contributed by atoms with Crippen LogP contribution in [0, 0.1) is 6.92 Å². The molecule has 0 radical (unpaired) electrons. The predicted molar refractivity (Wildman–Crippen MR) is 81.3 cm³/mol. The molecule has 3 nitrogen and oxygen atoms in total. The fraction of sp³-hybridized carbons (Fsp3) is 0.235. The molecular formula is C17H19NO2. The fourth-order valence-electron chi connectivity index (χ4n) is 2.14. The van der Waals surface area contributed by atoms with E-state index in [1.807, 2.05) is 55.5 Å². The first-order valence-electron chi connectivity index (χ1n) is 6.57. The van der Waals surface area contributed by atoms with E-state index >= 15 is 0 Å². The van der Waals surface area contributed by atoms with Crippen LogP contribution in [0.4, 0.5) is 5.69 Å². The van der Waals surface area contributed by atoms with Crippen LogP contribution in [0.5, 0.6) is 5.75 Å². The van der Waals surface area contributed by atoms with E-state index in [1.54, 1.807) is 19.1 Å². The molecule has 0 aliphatic rings. The third-order valence-electron chi connectivity index (χ3n) is 3.33. The number of ether oxygens (including phenoxy) is 1. The van der Waals surface area contributed by atoms with Crippen molar-refractivity contribution in [2.45, 2.75) is 13.3 Å². The fourth-order valence-corrected chi connectivity index (χ4v) is 2.14. The predicted octanol–water partition coefficient (Wildman–Crippen LogP) is 3.21. The topological polar surface area (TPSA) is 29.5 Å². The summed E-state index contributed by atoms with van der Waals surface area (Å²) >= 11 is 0. The average Bonchev–Trinajstić information content (AvgIpc) is 2.47. The van der Waals surface area contributed by atoms with Crippen molar-refractivity contribution in [1.29, 1.82) is 0 Å². The van der Waals surface area contributed by atoms with Gasteiger partial charge >= 0.3 is 0 Å². The van der Waals surface area contributed by atoms with Gasteiger partial charge in [0.05, 0.1) is 13.5 Å². The Balaban J connectivity index is 2.10. The first-order chi connectivity index (χ1) is 9.61. The Hall–Kier alpha value is -2.29. The first-order valence-corrected chi connectivity index (χ1v) is 6.57. The maximum absolute atomic E-state index is 12.3. The van der Waals surface area contributed by atoms with E-state index in [2.05, 4.69) is 0 Å². The van der Waals surface area contributed by atoms with Crippen molar-refractivity contribution in [2.75, 3.05) is 19.1 Å². The molecule has 0 aliphatic heterocycles. The molecule has 104 valence electrons. The van der Waals surface area contributed by atoms with Gasteiger partial charge in [0.25, 0.3) is 0 Å². The van der Waals surface area contributed by atoms with Gasteiger partial charge in [0.2, 0.25) is 5.91 Å². The van der Waals surface area contributed by atoms with E-state index < -0.39 is 0 Å². The summed E-state index contributed by atoms with van der Waals surface area (Å²) in [6.07, 6.45) is 0.385. The zero-order valence-corrected chi connectivity index (χ0v) is 12.1. The zero-order valence-electron chi connectivity index (χ0n) is 12.1. The van der Waals surface area contributed by atoms with Crippen LogP contribution < -0.4 is 9.64 Å². The number of hydrogen-bond donors (Lipinski definition) is 0. The van der Waals surface area contributed by atoms with E-state index in [-0.39, 0.29) is 5.91 Å². The maximum atomic E-state index is 12.3. The normalized spacial score (nSPS) is 10.2. The summed E-state index contributed by atoms with van der Waals surface area (Å²) < 4.78 is 5.23. The Labute approximate surface area is 119 Å². The van der Waals surface area contributed by atoms with E-state index in [4.69, 9.17) is 4.74 Å². The minimum Gasteiger partial charge on any atom is -0.496 e. The van der Waals surface area contributed by atoms with Crippen LogP contribution in [-0.2, 0) is 11.2 Å². The molecule has 0 spiro atoms. The molecule has 0 atom stereocenters. The summed E-state index contributed by atoms with van der Waals surface area (Å²) in [4.78, 5) is 14.0. The summed E-state index contributed by atoms with van der Waals surface area (Å²) in [5.74, 6) is 0.915. The van der Waals surface area contributed by atoms with E-state index in [1.165, 1.54) is 0 Å². The zero-order chi connectivity index (χ0) is 14.5. The Morgan fingerprint density at radius 2 is 1.85 bits per heavy atom. The molecule has 2 rings (SSSR count). The highest BCUT2D eigenvalue weighted by Crippen LogP contribution is 2.20. The van der Waals surface area contributed by atoms with E-state index in [0.29, 0.717) is 6.42 Å². The van der Waals surface area contributed by atoms with Crippen molar-refractivity contribution >= 4 is 11.6 Å². The molecule has 0 heterocycles. The number of methoxy groups -OCH3 is 1. The van der Waals surface area contributed by atoms with Crippen LogP contribution in [0.15, 0.2) is 48.5 Å². The highest BCUT2D eigenvalue weighted by Gasteiger charge is 2.12. The number of amides is 1. The number of likely N-dealkylation sites (N-methyl/N-ethyl adjacent to an activating group) is 1. The molecule has 0 saturated carbocycles. The van der Waals surface area contributed by atoms with Crippen molar-refractivity contribution < 1.29 is 9.53 Å². The highest BCUT2D eigenvalue weighted by molar-refractivity contribution is 5.94. The number of hydrogen-bond acceptors (Lipinski definition) is 2. The largest absolute Gasteiger partial charge is 0.496 e. The standard InChI is InChI=1S/C17H19NO2/c1-13-11-14(9-10-16(13)20-3)12-17(19)18(2)15-7-5-4-6-8-15/h4-11H,12H2,1-3H3.